The van der Waals surface area contributed by atoms with Gasteiger partial charge in [-0.15, -0.1) is 11.6 Å². The Kier molecular flexibility index (Phi) is 3.14. The number of aromatic nitrogens is 4. The van der Waals surface area contributed by atoms with E-state index < -0.39 is 0 Å². The molecular weight excluding hydrogens is 276 g/mol. The minimum atomic E-state index is -0.213. The second-order valence-corrected chi connectivity index (χ2v) is 5.28. The van der Waals surface area contributed by atoms with Gasteiger partial charge in [0.25, 0.3) is 0 Å². The number of methoxy groups -OCH3 is 1. The van der Waals surface area contributed by atoms with Crippen molar-refractivity contribution in [3.8, 4) is 11.6 Å². The molecule has 20 heavy (non-hydrogen) atoms. The maximum absolute atomic E-state index is 6.26. The molecule has 0 bridgehead atoms. The molecule has 0 aliphatic carbocycles. The molecule has 2 heterocycles. The van der Waals surface area contributed by atoms with Crippen LogP contribution in [0.3, 0.4) is 0 Å². The van der Waals surface area contributed by atoms with E-state index in [2.05, 4.69) is 10.1 Å². The van der Waals surface area contributed by atoms with Crippen molar-refractivity contribution in [2.24, 2.45) is 7.05 Å². The molecule has 0 aliphatic heterocycles. The molecule has 6 heteroatoms. The van der Waals surface area contributed by atoms with Crippen LogP contribution < -0.4 is 4.74 Å². The number of fused-ring (bicyclic) bond motifs is 1. The van der Waals surface area contributed by atoms with Crippen LogP contribution in [0.2, 0.25) is 0 Å². The highest BCUT2D eigenvalue weighted by Gasteiger charge is 2.18. The van der Waals surface area contributed by atoms with Gasteiger partial charge in [0.1, 0.15) is 11.6 Å². The second kappa shape index (κ2) is 4.83. The number of benzene rings is 1. The van der Waals surface area contributed by atoms with Crippen LogP contribution in [0.1, 0.15) is 18.1 Å². The van der Waals surface area contributed by atoms with E-state index in [4.69, 9.17) is 16.3 Å². The monoisotopic (exact) mass is 290 g/mol. The Bertz CT molecular complexity index is 760. The zero-order chi connectivity index (χ0) is 14.3. The molecule has 0 saturated heterocycles. The van der Waals surface area contributed by atoms with E-state index >= 15 is 0 Å². The minimum absolute atomic E-state index is 0.213. The van der Waals surface area contributed by atoms with Crippen LogP contribution in [0.15, 0.2) is 30.5 Å². The smallest absolute Gasteiger partial charge is 0.160 e. The number of hydrogen-bond acceptors (Lipinski definition) is 3. The van der Waals surface area contributed by atoms with Crippen molar-refractivity contribution in [3.05, 3.63) is 36.3 Å². The Morgan fingerprint density at radius 1 is 1.30 bits per heavy atom. The van der Waals surface area contributed by atoms with Crippen molar-refractivity contribution in [2.45, 2.75) is 12.3 Å². The summed E-state index contributed by atoms with van der Waals surface area (Å²) in [6.45, 7) is 1.90. The number of nitrogens with zero attached hydrogens (tertiary/aromatic N) is 4. The fraction of sp³-hybridized carbons (Fsp3) is 0.286. The summed E-state index contributed by atoms with van der Waals surface area (Å²) >= 11 is 6.26. The predicted molar refractivity (Wildman–Crippen MR) is 78.7 cm³/mol. The quantitative estimate of drug-likeness (QED) is 0.696. The predicted octanol–water partition coefficient (Wildman–Crippen LogP) is 3.07. The Morgan fingerprint density at radius 3 is 2.70 bits per heavy atom. The van der Waals surface area contributed by atoms with Gasteiger partial charge in [-0.05, 0) is 19.1 Å². The average molecular weight is 291 g/mol. The van der Waals surface area contributed by atoms with Gasteiger partial charge < -0.3 is 4.74 Å². The number of rotatable bonds is 3. The topological polar surface area (TPSA) is 44.9 Å². The summed E-state index contributed by atoms with van der Waals surface area (Å²) in [5.74, 6) is 2.35. The maximum Gasteiger partial charge on any atom is 0.160 e. The highest BCUT2D eigenvalue weighted by atomic mass is 35.5. The Morgan fingerprint density at radius 2 is 2.10 bits per heavy atom. The lowest BCUT2D eigenvalue weighted by Gasteiger charge is -2.07. The molecule has 1 atom stereocenters. The molecule has 2 aromatic heterocycles. The molecule has 0 aliphatic rings. The normalized spacial score (nSPS) is 12.8. The van der Waals surface area contributed by atoms with Gasteiger partial charge in [0, 0.05) is 25.4 Å². The molecule has 0 amide bonds. The molecule has 5 nitrogen and oxygen atoms in total. The van der Waals surface area contributed by atoms with Gasteiger partial charge in [-0.25, -0.2) is 4.98 Å². The maximum atomic E-state index is 6.26. The van der Waals surface area contributed by atoms with Gasteiger partial charge in [-0.3, -0.25) is 9.25 Å². The van der Waals surface area contributed by atoms with Crippen LogP contribution in [0.25, 0.3) is 16.9 Å². The van der Waals surface area contributed by atoms with E-state index in [0.717, 1.165) is 28.4 Å². The summed E-state index contributed by atoms with van der Waals surface area (Å²) in [5, 5.41) is 4.23. The summed E-state index contributed by atoms with van der Waals surface area (Å²) in [6.07, 6.45) is 1.90. The summed E-state index contributed by atoms with van der Waals surface area (Å²) in [4.78, 5) is 4.61. The zero-order valence-corrected chi connectivity index (χ0v) is 12.3. The van der Waals surface area contributed by atoms with E-state index in [1.165, 1.54) is 0 Å². The Balaban J connectivity index is 2.29. The molecule has 3 aromatic rings. The van der Waals surface area contributed by atoms with Crippen LogP contribution in [-0.2, 0) is 7.05 Å². The number of ether oxygens (including phenoxy) is 1. The fourth-order valence-electron chi connectivity index (χ4n) is 2.24. The van der Waals surface area contributed by atoms with Gasteiger partial charge in [-0.2, -0.15) is 5.10 Å². The minimum Gasteiger partial charge on any atom is -0.497 e. The fourth-order valence-corrected chi connectivity index (χ4v) is 2.38. The first kappa shape index (κ1) is 13.0. The number of imidazole rings is 1. The molecular formula is C14H15ClN4O. The van der Waals surface area contributed by atoms with Crippen LogP contribution in [0, 0.1) is 0 Å². The number of aryl methyl sites for hydroxylation is 1. The lowest BCUT2D eigenvalue weighted by atomic mass is 10.3. The van der Waals surface area contributed by atoms with E-state index in [1.54, 1.807) is 11.8 Å². The molecule has 0 N–H and O–H groups in total. The first-order valence-electron chi connectivity index (χ1n) is 6.30. The van der Waals surface area contributed by atoms with Gasteiger partial charge in [-0.1, -0.05) is 0 Å². The molecule has 0 saturated carbocycles. The highest BCUT2D eigenvalue weighted by molar-refractivity contribution is 6.20. The van der Waals surface area contributed by atoms with Crippen molar-refractivity contribution in [1.82, 2.24) is 19.3 Å². The zero-order valence-electron chi connectivity index (χ0n) is 11.5. The van der Waals surface area contributed by atoms with Gasteiger partial charge in [0.15, 0.2) is 5.82 Å². The number of halogens is 1. The van der Waals surface area contributed by atoms with Crippen LogP contribution in [-0.4, -0.2) is 26.4 Å². The van der Waals surface area contributed by atoms with Crippen molar-refractivity contribution in [2.75, 3.05) is 7.11 Å². The molecule has 0 radical (unpaired) electrons. The third-order valence-corrected chi connectivity index (χ3v) is 3.37. The molecule has 1 aromatic carbocycles. The van der Waals surface area contributed by atoms with Crippen LogP contribution in [0.4, 0.5) is 0 Å². The first-order valence-corrected chi connectivity index (χ1v) is 6.74. The summed E-state index contributed by atoms with van der Waals surface area (Å²) in [6, 6.07) is 7.72. The van der Waals surface area contributed by atoms with E-state index in [-0.39, 0.29) is 5.38 Å². The molecule has 1 unspecified atom stereocenters. The highest BCUT2D eigenvalue weighted by Crippen LogP contribution is 2.29. The Hall–Kier alpha value is -2.01. The second-order valence-electron chi connectivity index (χ2n) is 4.62. The van der Waals surface area contributed by atoms with Crippen molar-refractivity contribution < 1.29 is 4.74 Å². The molecule has 0 fully saturated rings. The van der Waals surface area contributed by atoms with Crippen molar-refractivity contribution in [1.29, 1.82) is 0 Å². The lowest BCUT2D eigenvalue weighted by Crippen LogP contribution is -2.03. The van der Waals surface area contributed by atoms with Gasteiger partial charge in [0.2, 0.25) is 0 Å². The third-order valence-electron chi connectivity index (χ3n) is 3.17. The van der Waals surface area contributed by atoms with E-state index in [9.17, 15) is 0 Å². The SMILES string of the molecule is COc1ccc2c(c1)nc(C(C)Cl)n2-c1ccn(C)n1. The van der Waals surface area contributed by atoms with E-state index in [1.807, 2.05) is 49.0 Å². The molecule has 104 valence electrons. The lowest BCUT2D eigenvalue weighted by molar-refractivity contribution is 0.415. The first-order chi connectivity index (χ1) is 9.60. The standard InChI is InChI=1S/C14H15ClN4O/c1-9(15)14-16-11-8-10(20-3)4-5-12(11)19(14)13-6-7-18(2)17-13/h4-9H,1-3H3. The largest absolute Gasteiger partial charge is 0.497 e. The van der Waals surface area contributed by atoms with Crippen molar-refractivity contribution >= 4 is 22.6 Å². The van der Waals surface area contributed by atoms with Crippen LogP contribution >= 0.6 is 11.6 Å². The molecule has 3 rings (SSSR count). The summed E-state index contributed by atoms with van der Waals surface area (Å²) in [5.41, 5.74) is 1.81. The Labute approximate surface area is 121 Å². The van der Waals surface area contributed by atoms with Gasteiger partial charge in [0.05, 0.1) is 23.5 Å². The summed E-state index contributed by atoms with van der Waals surface area (Å²) < 4.78 is 8.98. The van der Waals surface area contributed by atoms with Gasteiger partial charge >= 0.3 is 0 Å². The van der Waals surface area contributed by atoms with E-state index in [0.29, 0.717) is 0 Å². The summed E-state index contributed by atoms with van der Waals surface area (Å²) in [7, 11) is 3.53. The van der Waals surface area contributed by atoms with Crippen molar-refractivity contribution in [3.63, 3.8) is 0 Å². The molecule has 0 spiro atoms. The van der Waals surface area contributed by atoms with Crippen LogP contribution in [0.5, 0.6) is 5.75 Å². The third kappa shape index (κ3) is 2.04. The number of alkyl halides is 1. The average Bonchev–Trinajstić information content (AvgIpc) is 3.00. The number of hydrogen-bond donors (Lipinski definition) is 0.